The van der Waals surface area contributed by atoms with Gasteiger partial charge in [0, 0.05) is 6.54 Å². The summed E-state index contributed by atoms with van der Waals surface area (Å²) in [6.07, 6.45) is 2.67. The summed E-state index contributed by atoms with van der Waals surface area (Å²) in [5, 5.41) is 12.2. The van der Waals surface area contributed by atoms with Gasteiger partial charge in [0.25, 0.3) is 0 Å². The van der Waals surface area contributed by atoms with Crippen molar-refractivity contribution < 1.29 is 0 Å². The Kier molecular flexibility index (Phi) is 2.59. The lowest BCUT2D eigenvalue weighted by atomic mass is 10.1. The van der Waals surface area contributed by atoms with Gasteiger partial charge >= 0.3 is 0 Å². The van der Waals surface area contributed by atoms with E-state index in [1.165, 1.54) is 12.8 Å². The van der Waals surface area contributed by atoms with Crippen LogP contribution in [0.4, 0.5) is 5.82 Å². The topological polar surface area (TPSA) is 48.7 Å². The molecule has 0 saturated heterocycles. The van der Waals surface area contributed by atoms with E-state index in [0.29, 0.717) is 5.56 Å². The Balaban J connectivity index is 2.15. The predicted octanol–water partition coefficient (Wildman–Crippen LogP) is 2.39. The van der Waals surface area contributed by atoms with E-state index in [-0.39, 0.29) is 0 Å². The van der Waals surface area contributed by atoms with Gasteiger partial charge in [-0.3, -0.25) is 0 Å². The molecular formula is C12H15N3. The molecule has 1 aliphatic rings. The molecular weight excluding hydrogens is 186 g/mol. The van der Waals surface area contributed by atoms with Gasteiger partial charge in [-0.25, -0.2) is 4.98 Å². The summed E-state index contributed by atoms with van der Waals surface area (Å²) in [6, 6.07) is 4.13. The molecule has 1 fully saturated rings. The first-order valence-electron chi connectivity index (χ1n) is 5.33. The highest BCUT2D eigenvalue weighted by molar-refractivity contribution is 5.48. The van der Waals surface area contributed by atoms with Gasteiger partial charge in [-0.15, -0.1) is 0 Å². The van der Waals surface area contributed by atoms with Crippen molar-refractivity contribution in [2.45, 2.75) is 26.7 Å². The number of hydrogen-bond donors (Lipinski definition) is 1. The average molecular weight is 201 g/mol. The Labute approximate surface area is 90.1 Å². The summed E-state index contributed by atoms with van der Waals surface area (Å²) in [5.41, 5.74) is 2.52. The zero-order valence-corrected chi connectivity index (χ0v) is 9.17. The molecule has 0 aromatic carbocycles. The van der Waals surface area contributed by atoms with Crippen molar-refractivity contribution in [2.75, 3.05) is 11.9 Å². The second-order valence-corrected chi connectivity index (χ2v) is 4.22. The van der Waals surface area contributed by atoms with Crippen LogP contribution >= 0.6 is 0 Å². The number of nitriles is 1. The number of hydrogen-bond acceptors (Lipinski definition) is 3. The minimum absolute atomic E-state index is 0.701. The Morgan fingerprint density at radius 2 is 2.27 bits per heavy atom. The van der Waals surface area contributed by atoms with Gasteiger partial charge in [0.1, 0.15) is 11.9 Å². The molecule has 1 N–H and O–H groups in total. The fourth-order valence-electron chi connectivity index (χ4n) is 1.66. The summed E-state index contributed by atoms with van der Waals surface area (Å²) in [5.74, 6) is 1.74. The molecule has 0 spiro atoms. The van der Waals surface area contributed by atoms with Crippen LogP contribution in [-0.4, -0.2) is 11.5 Å². The third kappa shape index (κ3) is 2.27. The van der Waals surface area contributed by atoms with Crippen molar-refractivity contribution >= 4 is 5.82 Å². The van der Waals surface area contributed by atoms with Crippen molar-refractivity contribution in [3.05, 3.63) is 22.9 Å². The number of anilines is 1. The van der Waals surface area contributed by atoms with Crippen LogP contribution in [0, 0.1) is 31.1 Å². The van der Waals surface area contributed by atoms with Gasteiger partial charge in [0.15, 0.2) is 0 Å². The molecule has 0 bridgehead atoms. The van der Waals surface area contributed by atoms with E-state index >= 15 is 0 Å². The summed E-state index contributed by atoms with van der Waals surface area (Å²) >= 11 is 0. The van der Waals surface area contributed by atoms with Gasteiger partial charge in [-0.2, -0.15) is 5.26 Å². The van der Waals surface area contributed by atoms with Crippen LogP contribution in [0.3, 0.4) is 0 Å². The van der Waals surface area contributed by atoms with Crippen molar-refractivity contribution in [1.29, 1.82) is 5.26 Å². The van der Waals surface area contributed by atoms with Gasteiger partial charge in [0.2, 0.25) is 0 Å². The molecule has 0 amide bonds. The lowest BCUT2D eigenvalue weighted by molar-refractivity contribution is 0.880. The smallest absolute Gasteiger partial charge is 0.126 e. The lowest BCUT2D eigenvalue weighted by Gasteiger charge is -2.08. The summed E-state index contributed by atoms with van der Waals surface area (Å²) in [6.45, 7) is 4.85. The maximum atomic E-state index is 8.91. The van der Waals surface area contributed by atoms with E-state index in [1.54, 1.807) is 0 Å². The number of aromatic nitrogens is 1. The zero-order chi connectivity index (χ0) is 10.8. The van der Waals surface area contributed by atoms with Crippen LogP contribution in [0.15, 0.2) is 6.07 Å². The maximum Gasteiger partial charge on any atom is 0.126 e. The summed E-state index contributed by atoms with van der Waals surface area (Å²) in [4.78, 5) is 4.37. The standard InChI is InChI=1S/C12H15N3/c1-8-5-12(14-7-10-3-4-10)15-9(2)11(8)6-13/h5,10H,3-4,7H2,1-2H3,(H,14,15). The Hall–Kier alpha value is -1.56. The van der Waals surface area contributed by atoms with Gasteiger partial charge < -0.3 is 5.32 Å². The van der Waals surface area contributed by atoms with Crippen molar-refractivity contribution in [2.24, 2.45) is 5.92 Å². The fourth-order valence-corrected chi connectivity index (χ4v) is 1.66. The Morgan fingerprint density at radius 1 is 1.53 bits per heavy atom. The van der Waals surface area contributed by atoms with E-state index < -0.39 is 0 Å². The largest absolute Gasteiger partial charge is 0.370 e. The maximum absolute atomic E-state index is 8.91. The van der Waals surface area contributed by atoms with Crippen molar-refractivity contribution in [1.82, 2.24) is 4.98 Å². The number of nitrogens with zero attached hydrogens (tertiary/aromatic N) is 2. The van der Waals surface area contributed by atoms with Crippen LogP contribution in [0.2, 0.25) is 0 Å². The van der Waals surface area contributed by atoms with Crippen LogP contribution in [0.25, 0.3) is 0 Å². The first-order chi connectivity index (χ1) is 7.20. The van der Waals surface area contributed by atoms with E-state index in [9.17, 15) is 0 Å². The average Bonchev–Trinajstić information content (AvgIpc) is 2.97. The molecule has 0 unspecified atom stereocenters. The second-order valence-electron chi connectivity index (χ2n) is 4.22. The molecule has 3 heteroatoms. The van der Waals surface area contributed by atoms with Crippen molar-refractivity contribution in [3.63, 3.8) is 0 Å². The third-order valence-electron chi connectivity index (χ3n) is 2.78. The SMILES string of the molecule is Cc1cc(NCC2CC2)nc(C)c1C#N. The predicted molar refractivity (Wildman–Crippen MR) is 59.6 cm³/mol. The Morgan fingerprint density at radius 3 is 2.80 bits per heavy atom. The van der Waals surface area contributed by atoms with Crippen LogP contribution in [0.1, 0.15) is 29.7 Å². The molecule has 1 aromatic heterocycles. The van der Waals surface area contributed by atoms with E-state index in [4.69, 9.17) is 5.26 Å². The number of aryl methyl sites for hydroxylation is 2. The van der Waals surface area contributed by atoms with E-state index in [2.05, 4.69) is 16.4 Å². The summed E-state index contributed by atoms with van der Waals surface area (Å²) < 4.78 is 0. The highest BCUT2D eigenvalue weighted by Gasteiger charge is 2.20. The Bertz CT molecular complexity index is 390. The van der Waals surface area contributed by atoms with Gasteiger partial charge in [0.05, 0.1) is 11.3 Å². The van der Waals surface area contributed by atoms with Crippen LogP contribution in [0.5, 0.6) is 0 Å². The molecule has 15 heavy (non-hydrogen) atoms. The molecule has 1 saturated carbocycles. The first-order valence-corrected chi connectivity index (χ1v) is 5.33. The number of nitrogens with one attached hydrogen (secondary N) is 1. The molecule has 78 valence electrons. The number of rotatable bonds is 3. The van der Waals surface area contributed by atoms with Gasteiger partial charge in [-0.1, -0.05) is 0 Å². The van der Waals surface area contributed by atoms with E-state index in [0.717, 1.165) is 29.5 Å². The fraction of sp³-hybridized carbons (Fsp3) is 0.500. The minimum atomic E-state index is 0.701. The third-order valence-corrected chi connectivity index (χ3v) is 2.78. The number of pyridine rings is 1. The van der Waals surface area contributed by atoms with E-state index in [1.807, 2.05) is 19.9 Å². The molecule has 2 rings (SSSR count). The van der Waals surface area contributed by atoms with Gasteiger partial charge in [-0.05, 0) is 44.2 Å². The lowest BCUT2D eigenvalue weighted by Crippen LogP contribution is -2.06. The molecule has 0 radical (unpaired) electrons. The highest BCUT2D eigenvalue weighted by Crippen LogP contribution is 2.28. The molecule has 3 nitrogen and oxygen atoms in total. The molecule has 1 aliphatic carbocycles. The van der Waals surface area contributed by atoms with Crippen LogP contribution in [-0.2, 0) is 0 Å². The minimum Gasteiger partial charge on any atom is -0.370 e. The quantitative estimate of drug-likeness (QED) is 0.816. The second kappa shape index (κ2) is 3.90. The zero-order valence-electron chi connectivity index (χ0n) is 9.17. The molecule has 0 atom stereocenters. The van der Waals surface area contributed by atoms with Crippen molar-refractivity contribution in [3.8, 4) is 6.07 Å². The van der Waals surface area contributed by atoms with Crippen LogP contribution < -0.4 is 5.32 Å². The molecule has 0 aliphatic heterocycles. The first kappa shape index (κ1) is 9.97. The summed E-state index contributed by atoms with van der Waals surface area (Å²) in [7, 11) is 0. The highest BCUT2D eigenvalue weighted by atomic mass is 15.0. The normalized spacial score (nSPS) is 14.7. The molecule has 1 heterocycles. The monoisotopic (exact) mass is 201 g/mol. The molecule has 1 aromatic rings.